The molecule has 3 rings (SSSR count). The van der Waals surface area contributed by atoms with Crippen molar-refractivity contribution in [1.29, 1.82) is 0 Å². The predicted molar refractivity (Wildman–Crippen MR) is 82.7 cm³/mol. The number of amides is 1. The summed E-state index contributed by atoms with van der Waals surface area (Å²) in [7, 11) is 0. The first-order chi connectivity index (χ1) is 10.6. The van der Waals surface area contributed by atoms with Gasteiger partial charge in [-0.05, 0) is 32.9 Å². The van der Waals surface area contributed by atoms with Crippen LogP contribution in [0.5, 0.6) is 0 Å². The summed E-state index contributed by atoms with van der Waals surface area (Å²) in [6.45, 7) is 5.42. The lowest BCUT2D eigenvalue weighted by molar-refractivity contribution is 0.0996. The number of carbonyl (C=O) groups is 1. The monoisotopic (exact) mass is 296 g/mol. The van der Waals surface area contributed by atoms with Crippen molar-refractivity contribution >= 4 is 11.6 Å². The summed E-state index contributed by atoms with van der Waals surface area (Å²) in [5, 5.41) is 9.69. The smallest absolute Gasteiger partial charge is 0.293 e. The molecule has 0 bridgehead atoms. The van der Waals surface area contributed by atoms with Crippen molar-refractivity contribution in [2.45, 2.75) is 20.8 Å². The fourth-order valence-corrected chi connectivity index (χ4v) is 2.22. The fraction of sp³-hybridized carbons (Fsp3) is 0.188. The number of aromatic nitrogens is 3. The van der Waals surface area contributed by atoms with E-state index in [0.29, 0.717) is 17.3 Å². The van der Waals surface area contributed by atoms with Gasteiger partial charge in [-0.25, -0.2) is 4.98 Å². The first-order valence-electron chi connectivity index (χ1n) is 6.92. The number of benzene rings is 1. The number of carbonyl (C=O) groups excluding carboxylic acids is 1. The Morgan fingerprint density at radius 3 is 2.50 bits per heavy atom. The number of hydrogen-bond acceptors (Lipinski definition) is 4. The number of H-pyrrole nitrogens is 1. The van der Waals surface area contributed by atoms with Crippen molar-refractivity contribution in [1.82, 2.24) is 15.2 Å². The zero-order chi connectivity index (χ0) is 15.7. The van der Waals surface area contributed by atoms with E-state index in [1.165, 1.54) is 0 Å². The molecule has 0 saturated heterocycles. The van der Waals surface area contributed by atoms with E-state index in [4.69, 9.17) is 4.42 Å². The maximum absolute atomic E-state index is 12.4. The van der Waals surface area contributed by atoms with Gasteiger partial charge in [-0.2, -0.15) is 5.10 Å². The van der Waals surface area contributed by atoms with Crippen LogP contribution in [0.4, 0.5) is 5.69 Å². The number of aryl methyl sites for hydroxylation is 3. The van der Waals surface area contributed by atoms with Gasteiger partial charge in [0, 0.05) is 5.56 Å². The number of hydrogen-bond donors (Lipinski definition) is 2. The third kappa shape index (κ3) is 2.50. The molecule has 3 aromatic rings. The van der Waals surface area contributed by atoms with Crippen molar-refractivity contribution in [2.24, 2.45) is 0 Å². The summed E-state index contributed by atoms with van der Waals surface area (Å²) in [5.74, 6) is 0.308. The van der Waals surface area contributed by atoms with Crippen LogP contribution < -0.4 is 5.32 Å². The minimum atomic E-state index is -0.334. The second kappa shape index (κ2) is 5.48. The maximum atomic E-state index is 12.4. The van der Waals surface area contributed by atoms with Gasteiger partial charge in [-0.1, -0.05) is 18.2 Å². The van der Waals surface area contributed by atoms with Crippen LogP contribution in [0, 0.1) is 20.8 Å². The summed E-state index contributed by atoms with van der Waals surface area (Å²) in [6.07, 6.45) is 0. The Balaban J connectivity index is 1.89. The Morgan fingerprint density at radius 1 is 1.14 bits per heavy atom. The van der Waals surface area contributed by atoms with Crippen LogP contribution in [-0.2, 0) is 0 Å². The lowest BCUT2D eigenvalue weighted by Gasteiger charge is -2.03. The number of oxazole rings is 1. The maximum Gasteiger partial charge on any atom is 0.293 e. The van der Waals surface area contributed by atoms with Gasteiger partial charge >= 0.3 is 0 Å². The first-order valence-corrected chi connectivity index (χ1v) is 6.92. The third-order valence-corrected chi connectivity index (χ3v) is 3.39. The van der Waals surface area contributed by atoms with E-state index in [1.54, 1.807) is 6.92 Å². The van der Waals surface area contributed by atoms with E-state index in [-0.39, 0.29) is 11.7 Å². The molecule has 0 saturated carbocycles. The molecule has 1 amide bonds. The van der Waals surface area contributed by atoms with Crippen LogP contribution in [0.1, 0.15) is 27.6 Å². The van der Waals surface area contributed by atoms with E-state index in [1.807, 2.05) is 44.2 Å². The van der Waals surface area contributed by atoms with Gasteiger partial charge in [0.15, 0.2) is 0 Å². The van der Waals surface area contributed by atoms with E-state index in [9.17, 15) is 4.79 Å². The van der Waals surface area contributed by atoms with E-state index >= 15 is 0 Å². The average Bonchev–Trinajstić information content (AvgIpc) is 3.05. The van der Waals surface area contributed by atoms with Crippen molar-refractivity contribution in [3.05, 3.63) is 53.2 Å². The number of nitrogens with one attached hydrogen (secondary N) is 2. The SMILES string of the molecule is Cc1nc(-c2ccccc2)oc1C(=O)Nc1c(C)n[nH]c1C. The molecule has 0 unspecified atom stereocenters. The Bertz CT molecular complexity index is 799. The van der Waals surface area contributed by atoms with Crippen molar-refractivity contribution < 1.29 is 9.21 Å². The molecule has 0 aliphatic heterocycles. The zero-order valence-electron chi connectivity index (χ0n) is 12.6. The standard InChI is InChI=1S/C16H16N4O2/c1-9-13(10(2)20-19-9)18-15(21)14-11(3)17-16(22-14)12-7-5-4-6-8-12/h4-8H,1-3H3,(H,18,21)(H,19,20). The predicted octanol–water partition coefficient (Wildman–Crippen LogP) is 3.24. The fourth-order valence-electron chi connectivity index (χ4n) is 2.22. The average molecular weight is 296 g/mol. The molecule has 1 aromatic carbocycles. The molecular formula is C16H16N4O2. The van der Waals surface area contributed by atoms with Crippen molar-refractivity contribution in [3.63, 3.8) is 0 Å². The second-order valence-electron chi connectivity index (χ2n) is 5.06. The molecule has 0 aliphatic carbocycles. The van der Waals surface area contributed by atoms with Crippen LogP contribution in [-0.4, -0.2) is 21.1 Å². The molecular weight excluding hydrogens is 280 g/mol. The molecule has 0 atom stereocenters. The van der Waals surface area contributed by atoms with Gasteiger partial charge in [0.1, 0.15) is 0 Å². The normalized spacial score (nSPS) is 10.7. The molecule has 0 spiro atoms. The highest BCUT2D eigenvalue weighted by molar-refractivity contribution is 6.03. The van der Waals surface area contributed by atoms with Crippen LogP contribution in [0.15, 0.2) is 34.7 Å². The van der Waals surface area contributed by atoms with Gasteiger partial charge in [0.05, 0.1) is 22.8 Å². The highest BCUT2D eigenvalue weighted by Crippen LogP contribution is 2.23. The highest BCUT2D eigenvalue weighted by atomic mass is 16.4. The highest BCUT2D eigenvalue weighted by Gasteiger charge is 2.20. The van der Waals surface area contributed by atoms with Gasteiger partial charge in [0.25, 0.3) is 5.91 Å². The van der Waals surface area contributed by atoms with E-state index in [0.717, 1.165) is 17.0 Å². The summed E-state index contributed by atoms with van der Waals surface area (Å²) >= 11 is 0. The van der Waals surface area contributed by atoms with Gasteiger partial charge in [-0.15, -0.1) is 0 Å². The van der Waals surface area contributed by atoms with E-state index in [2.05, 4.69) is 20.5 Å². The zero-order valence-corrected chi connectivity index (χ0v) is 12.6. The molecule has 6 nitrogen and oxygen atoms in total. The summed E-state index contributed by atoms with van der Waals surface area (Å²) in [6, 6.07) is 9.48. The molecule has 0 aliphatic rings. The Kier molecular flexibility index (Phi) is 3.50. The first kappa shape index (κ1) is 14.1. The molecule has 2 heterocycles. The molecule has 112 valence electrons. The number of rotatable bonds is 3. The molecule has 2 N–H and O–H groups in total. The lowest BCUT2D eigenvalue weighted by atomic mass is 10.2. The number of nitrogens with zero attached hydrogens (tertiary/aromatic N) is 2. The minimum absolute atomic E-state index is 0.207. The Labute approximate surface area is 127 Å². The third-order valence-electron chi connectivity index (χ3n) is 3.39. The molecule has 2 aromatic heterocycles. The largest absolute Gasteiger partial charge is 0.431 e. The minimum Gasteiger partial charge on any atom is -0.431 e. The molecule has 0 fully saturated rings. The van der Waals surface area contributed by atoms with Crippen molar-refractivity contribution in [2.75, 3.05) is 5.32 Å². The van der Waals surface area contributed by atoms with Crippen LogP contribution in [0.2, 0.25) is 0 Å². The van der Waals surface area contributed by atoms with Crippen LogP contribution >= 0.6 is 0 Å². The van der Waals surface area contributed by atoms with Gasteiger partial charge in [0.2, 0.25) is 11.7 Å². The summed E-state index contributed by atoms with van der Waals surface area (Å²) in [5.41, 5.74) is 3.58. The second-order valence-corrected chi connectivity index (χ2v) is 5.06. The van der Waals surface area contributed by atoms with Gasteiger partial charge in [-0.3, -0.25) is 9.89 Å². The van der Waals surface area contributed by atoms with Crippen molar-refractivity contribution in [3.8, 4) is 11.5 Å². The molecule has 22 heavy (non-hydrogen) atoms. The number of anilines is 1. The lowest BCUT2D eigenvalue weighted by Crippen LogP contribution is -2.13. The molecule has 0 radical (unpaired) electrons. The molecule has 6 heteroatoms. The van der Waals surface area contributed by atoms with Gasteiger partial charge < -0.3 is 9.73 Å². The Morgan fingerprint density at radius 2 is 1.86 bits per heavy atom. The van der Waals surface area contributed by atoms with Crippen LogP contribution in [0.3, 0.4) is 0 Å². The summed E-state index contributed by atoms with van der Waals surface area (Å²) < 4.78 is 5.64. The topological polar surface area (TPSA) is 83.8 Å². The Hall–Kier alpha value is -2.89. The quantitative estimate of drug-likeness (QED) is 0.777. The van der Waals surface area contributed by atoms with Crippen LogP contribution in [0.25, 0.3) is 11.5 Å². The van der Waals surface area contributed by atoms with E-state index < -0.39 is 0 Å². The number of aromatic amines is 1. The summed E-state index contributed by atoms with van der Waals surface area (Å²) in [4.78, 5) is 16.7.